The normalized spacial score (nSPS) is 18.7. The molecule has 2 aromatic carbocycles. The molecule has 0 spiro atoms. The lowest BCUT2D eigenvalue weighted by Crippen LogP contribution is -2.12. The van der Waals surface area contributed by atoms with Gasteiger partial charge in [-0.25, -0.2) is 0 Å². The van der Waals surface area contributed by atoms with E-state index in [-0.39, 0.29) is 6.04 Å². The molecule has 100 valence electrons. The van der Waals surface area contributed by atoms with Gasteiger partial charge in [0.1, 0.15) is 0 Å². The first-order valence-electron chi connectivity index (χ1n) is 6.97. The minimum Gasteiger partial charge on any atom is -0.337 e. The zero-order valence-electron chi connectivity index (χ0n) is 11.0. The maximum atomic E-state index is 5.43. The quantitative estimate of drug-likeness (QED) is 0.772. The Morgan fingerprint density at radius 3 is 2.90 bits per heavy atom. The van der Waals surface area contributed by atoms with Crippen LogP contribution in [0.25, 0.3) is 22.2 Å². The van der Waals surface area contributed by atoms with Crippen molar-refractivity contribution in [1.29, 1.82) is 0 Å². The van der Waals surface area contributed by atoms with Crippen LogP contribution in [-0.2, 0) is 0 Å². The Hall–Kier alpha value is -2.20. The fourth-order valence-corrected chi connectivity index (χ4v) is 2.80. The van der Waals surface area contributed by atoms with E-state index < -0.39 is 0 Å². The molecule has 4 nitrogen and oxygen atoms in total. The van der Waals surface area contributed by atoms with Crippen LogP contribution in [0.2, 0.25) is 0 Å². The van der Waals surface area contributed by atoms with Gasteiger partial charge in [-0.3, -0.25) is 0 Å². The zero-order valence-corrected chi connectivity index (χ0v) is 11.0. The number of fused-ring (bicyclic) bond motifs is 1. The third-order valence-corrected chi connectivity index (χ3v) is 3.83. The standard InChI is InChI=1S/C16H15N3O/c1-2-7-12-11(5-1)6-3-8-13(12)15-18-16(20-19-15)14-9-4-10-17-14/h1-3,5-8,14,17H,4,9-10H2/t14-/m0/s1. The molecule has 2 heterocycles. The third-order valence-electron chi connectivity index (χ3n) is 3.83. The molecule has 0 aliphatic carbocycles. The maximum Gasteiger partial charge on any atom is 0.244 e. The number of hydrogen-bond donors (Lipinski definition) is 1. The summed E-state index contributed by atoms with van der Waals surface area (Å²) in [5.74, 6) is 1.37. The molecule has 4 heteroatoms. The summed E-state index contributed by atoms with van der Waals surface area (Å²) < 4.78 is 5.43. The largest absolute Gasteiger partial charge is 0.337 e. The van der Waals surface area contributed by atoms with Gasteiger partial charge in [-0.05, 0) is 30.2 Å². The van der Waals surface area contributed by atoms with Gasteiger partial charge < -0.3 is 9.84 Å². The van der Waals surface area contributed by atoms with E-state index in [0.29, 0.717) is 11.7 Å². The molecule has 0 unspecified atom stereocenters. The number of nitrogens with zero attached hydrogens (tertiary/aromatic N) is 2. The van der Waals surface area contributed by atoms with E-state index in [4.69, 9.17) is 4.52 Å². The minimum atomic E-state index is 0.214. The van der Waals surface area contributed by atoms with Gasteiger partial charge in [-0.15, -0.1) is 0 Å². The van der Waals surface area contributed by atoms with Crippen LogP contribution in [-0.4, -0.2) is 16.7 Å². The highest BCUT2D eigenvalue weighted by Gasteiger charge is 2.23. The molecule has 0 amide bonds. The van der Waals surface area contributed by atoms with Gasteiger partial charge in [0, 0.05) is 5.56 Å². The van der Waals surface area contributed by atoms with E-state index in [1.807, 2.05) is 24.3 Å². The molecule has 1 aliphatic rings. The molecule has 3 aromatic rings. The van der Waals surface area contributed by atoms with Gasteiger partial charge in [0.05, 0.1) is 6.04 Å². The van der Waals surface area contributed by atoms with Crippen LogP contribution >= 0.6 is 0 Å². The fourth-order valence-electron chi connectivity index (χ4n) is 2.80. The topological polar surface area (TPSA) is 51.0 Å². The Labute approximate surface area is 116 Å². The third kappa shape index (κ3) is 1.89. The van der Waals surface area contributed by atoms with Crippen molar-refractivity contribution in [1.82, 2.24) is 15.5 Å². The summed E-state index contributed by atoms with van der Waals surface area (Å²) in [6.07, 6.45) is 2.23. The Kier molecular flexibility index (Phi) is 2.74. The number of nitrogens with one attached hydrogen (secondary N) is 1. The lowest BCUT2D eigenvalue weighted by atomic mass is 10.0. The molecule has 0 bridgehead atoms. The van der Waals surface area contributed by atoms with Gasteiger partial charge in [0.15, 0.2) is 0 Å². The predicted octanol–water partition coefficient (Wildman–Crippen LogP) is 3.31. The molecule has 0 saturated carbocycles. The summed E-state index contributed by atoms with van der Waals surface area (Å²) in [5, 5.41) is 9.88. The van der Waals surface area contributed by atoms with Crippen LogP contribution in [0.15, 0.2) is 47.0 Å². The van der Waals surface area contributed by atoms with Crippen molar-refractivity contribution in [2.75, 3.05) is 6.54 Å². The first-order chi connectivity index (χ1) is 9.92. The molecule has 1 atom stereocenters. The first kappa shape index (κ1) is 11.6. The SMILES string of the molecule is c1ccc2c(-c3noc([C@@H]4CCCN4)n3)cccc2c1. The summed E-state index contributed by atoms with van der Waals surface area (Å²) in [5.41, 5.74) is 1.02. The van der Waals surface area contributed by atoms with Crippen molar-refractivity contribution in [3.63, 3.8) is 0 Å². The van der Waals surface area contributed by atoms with Crippen molar-refractivity contribution in [3.05, 3.63) is 48.4 Å². The monoisotopic (exact) mass is 265 g/mol. The number of rotatable bonds is 2. The molecule has 1 N–H and O–H groups in total. The van der Waals surface area contributed by atoms with Crippen LogP contribution in [0.1, 0.15) is 24.8 Å². The van der Waals surface area contributed by atoms with Gasteiger partial charge in [0.2, 0.25) is 11.7 Å². The van der Waals surface area contributed by atoms with Gasteiger partial charge in [-0.1, -0.05) is 47.6 Å². The van der Waals surface area contributed by atoms with Crippen LogP contribution in [0, 0.1) is 0 Å². The summed E-state index contributed by atoms with van der Waals surface area (Å²) in [6.45, 7) is 1.02. The highest BCUT2D eigenvalue weighted by atomic mass is 16.5. The van der Waals surface area contributed by atoms with Crippen molar-refractivity contribution in [3.8, 4) is 11.4 Å². The lowest BCUT2D eigenvalue weighted by Gasteiger charge is -2.02. The first-order valence-corrected chi connectivity index (χ1v) is 6.97. The second-order valence-corrected chi connectivity index (χ2v) is 5.13. The number of benzene rings is 2. The molecule has 1 fully saturated rings. The summed E-state index contributed by atoms with van der Waals surface area (Å²) >= 11 is 0. The molecular formula is C16H15N3O. The number of hydrogen-bond acceptors (Lipinski definition) is 4. The van der Waals surface area contributed by atoms with E-state index in [1.165, 1.54) is 5.39 Å². The van der Waals surface area contributed by atoms with E-state index >= 15 is 0 Å². The van der Waals surface area contributed by atoms with E-state index in [2.05, 4.69) is 33.7 Å². The Bertz CT molecular complexity index is 739. The fraction of sp³-hybridized carbons (Fsp3) is 0.250. The van der Waals surface area contributed by atoms with Crippen LogP contribution in [0.3, 0.4) is 0 Å². The molecule has 1 aliphatic heterocycles. The predicted molar refractivity (Wildman–Crippen MR) is 77.2 cm³/mol. The summed E-state index contributed by atoms with van der Waals surface area (Å²) in [4.78, 5) is 4.57. The number of aromatic nitrogens is 2. The van der Waals surface area contributed by atoms with Crippen molar-refractivity contribution in [2.45, 2.75) is 18.9 Å². The summed E-state index contributed by atoms with van der Waals surface area (Å²) in [6, 6.07) is 14.6. The van der Waals surface area contributed by atoms with E-state index in [1.54, 1.807) is 0 Å². The second-order valence-electron chi connectivity index (χ2n) is 5.13. The average Bonchev–Trinajstić information content (AvgIpc) is 3.17. The highest BCUT2D eigenvalue weighted by Crippen LogP contribution is 2.28. The van der Waals surface area contributed by atoms with Crippen molar-refractivity contribution in [2.24, 2.45) is 0 Å². The Balaban J connectivity index is 1.79. The van der Waals surface area contributed by atoms with E-state index in [9.17, 15) is 0 Å². The smallest absolute Gasteiger partial charge is 0.244 e. The summed E-state index contributed by atoms with van der Waals surface area (Å²) in [7, 11) is 0. The minimum absolute atomic E-state index is 0.214. The average molecular weight is 265 g/mol. The Morgan fingerprint density at radius 1 is 1.10 bits per heavy atom. The molecule has 1 aromatic heterocycles. The van der Waals surface area contributed by atoms with Gasteiger partial charge >= 0.3 is 0 Å². The lowest BCUT2D eigenvalue weighted by molar-refractivity contribution is 0.345. The molecule has 1 saturated heterocycles. The van der Waals surface area contributed by atoms with E-state index in [0.717, 1.165) is 30.3 Å². The van der Waals surface area contributed by atoms with Crippen LogP contribution < -0.4 is 5.32 Å². The van der Waals surface area contributed by atoms with Crippen molar-refractivity contribution < 1.29 is 4.52 Å². The van der Waals surface area contributed by atoms with Crippen LogP contribution in [0.4, 0.5) is 0 Å². The maximum absolute atomic E-state index is 5.43. The molecule has 20 heavy (non-hydrogen) atoms. The van der Waals surface area contributed by atoms with Gasteiger partial charge in [-0.2, -0.15) is 4.98 Å². The molecule has 0 radical (unpaired) electrons. The molecule has 4 rings (SSSR count). The zero-order chi connectivity index (χ0) is 13.4. The van der Waals surface area contributed by atoms with Gasteiger partial charge in [0.25, 0.3) is 0 Å². The van der Waals surface area contributed by atoms with Crippen LogP contribution in [0.5, 0.6) is 0 Å². The second kappa shape index (κ2) is 4.72. The highest BCUT2D eigenvalue weighted by molar-refractivity contribution is 5.94. The Morgan fingerprint density at radius 2 is 2.00 bits per heavy atom. The van der Waals surface area contributed by atoms with Crippen molar-refractivity contribution >= 4 is 10.8 Å². The molecular weight excluding hydrogens is 250 g/mol.